The molecule has 7 N–H and O–H groups in total. The highest BCUT2D eigenvalue weighted by Gasteiger charge is 2.37. The summed E-state index contributed by atoms with van der Waals surface area (Å²) in [6.07, 6.45) is 6.60. The molecule has 8 atom stereocenters. The molecule has 0 fully saturated rings. The summed E-state index contributed by atoms with van der Waals surface area (Å²) < 4.78 is 4.79. The second-order valence-corrected chi connectivity index (χ2v) is 13.4. The van der Waals surface area contributed by atoms with Crippen LogP contribution in [-0.2, 0) is 23.9 Å². The van der Waals surface area contributed by atoms with Crippen molar-refractivity contribution in [2.45, 2.75) is 149 Å². The van der Waals surface area contributed by atoms with Crippen LogP contribution in [0.3, 0.4) is 0 Å². The number of ether oxygens (including phenoxy) is 1. The minimum Gasteiger partial charge on any atom is -0.481 e. The summed E-state index contributed by atoms with van der Waals surface area (Å²) in [4.78, 5) is 46.7. The lowest BCUT2D eigenvalue weighted by Crippen LogP contribution is -2.53. The number of amides is 2. The fourth-order valence-corrected chi connectivity index (χ4v) is 5.49. The van der Waals surface area contributed by atoms with Gasteiger partial charge in [0, 0.05) is 32.9 Å². The number of aliphatic hydroxyl groups is 4. The predicted octanol–water partition coefficient (Wildman–Crippen LogP) is 3.32. The van der Waals surface area contributed by atoms with Crippen molar-refractivity contribution >= 4 is 23.8 Å². The molecular weight excluding hydrogens is 596 g/mol. The van der Waals surface area contributed by atoms with Gasteiger partial charge >= 0.3 is 11.9 Å². The van der Waals surface area contributed by atoms with Gasteiger partial charge in [-0.2, -0.15) is 0 Å². The number of carboxylic acids is 1. The van der Waals surface area contributed by atoms with Crippen molar-refractivity contribution in [2.24, 2.45) is 23.7 Å². The number of hydrogen-bond donors (Lipinski definition) is 7. The number of carbonyl (C=O) groups is 4. The number of aliphatic carboxylic acids is 1. The van der Waals surface area contributed by atoms with Crippen LogP contribution in [0.15, 0.2) is 0 Å². The van der Waals surface area contributed by atoms with E-state index in [1.165, 1.54) is 44.9 Å². The topological polar surface area (TPSA) is 203 Å². The molecule has 46 heavy (non-hydrogen) atoms. The summed E-state index contributed by atoms with van der Waals surface area (Å²) in [5.74, 6) is -0.354. The van der Waals surface area contributed by atoms with E-state index in [1.54, 1.807) is 0 Å². The van der Waals surface area contributed by atoms with Crippen LogP contribution in [0.4, 0.5) is 0 Å². The Morgan fingerprint density at radius 1 is 0.630 bits per heavy atom. The quantitative estimate of drug-likeness (QED) is 0.0482. The molecule has 0 bridgehead atoms. The highest BCUT2D eigenvalue weighted by molar-refractivity contribution is 5.84. The molecule has 0 heterocycles. The Balaban J connectivity index is 4.05. The van der Waals surface area contributed by atoms with Gasteiger partial charge in [0.25, 0.3) is 5.91 Å². The Bertz CT molecular complexity index is 858. The molecule has 0 spiro atoms. The molecule has 0 aliphatic carbocycles. The van der Waals surface area contributed by atoms with Crippen LogP contribution < -0.4 is 10.6 Å². The zero-order valence-corrected chi connectivity index (χ0v) is 28.9. The SMILES string of the molecule is CC(=O)O[C@@H](C(=O)NCCNC(=O)CCC(C)CCCC(C)CCCCC(C)CCCC(C)CCC(=O)O)[C@@H](O)[C@H](O)[C@H](O)CO. The summed E-state index contributed by atoms with van der Waals surface area (Å²) in [6.45, 7) is 9.20. The number of esters is 1. The first kappa shape index (κ1) is 43.7. The van der Waals surface area contributed by atoms with E-state index in [0.29, 0.717) is 30.1 Å². The minimum atomic E-state index is -1.96. The first-order chi connectivity index (χ1) is 21.7. The van der Waals surface area contributed by atoms with Crippen LogP contribution in [0.5, 0.6) is 0 Å². The maximum Gasteiger partial charge on any atom is 0.303 e. The molecule has 0 saturated carbocycles. The van der Waals surface area contributed by atoms with Gasteiger partial charge in [0.2, 0.25) is 12.0 Å². The third kappa shape index (κ3) is 22.3. The van der Waals surface area contributed by atoms with E-state index in [9.17, 15) is 34.5 Å². The minimum absolute atomic E-state index is 0.00444. The predicted molar refractivity (Wildman–Crippen MR) is 176 cm³/mol. The molecule has 2 amide bonds. The van der Waals surface area contributed by atoms with Crippen LogP contribution in [0.2, 0.25) is 0 Å². The second-order valence-electron chi connectivity index (χ2n) is 13.4. The Kier molecular flexibility index (Phi) is 24.5. The van der Waals surface area contributed by atoms with Gasteiger partial charge in [-0.1, -0.05) is 91.9 Å². The summed E-state index contributed by atoms with van der Waals surface area (Å²) >= 11 is 0. The van der Waals surface area contributed by atoms with Crippen LogP contribution in [0.1, 0.15) is 125 Å². The van der Waals surface area contributed by atoms with Gasteiger partial charge in [-0.05, 0) is 36.5 Å². The lowest BCUT2D eigenvalue weighted by atomic mass is 9.90. The van der Waals surface area contributed by atoms with Crippen molar-refractivity contribution < 1.29 is 49.4 Å². The van der Waals surface area contributed by atoms with Crippen molar-refractivity contribution in [2.75, 3.05) is 19.7 Å². The maximum absolute atomic E-state index is 12.4. The van der Waals surface area contributed by atoms with Crippen molar-refractivity contribution in [1.29, 1.82) is 0 Å². The lowest BCUT2D eigenvalue weighted by molar-refractivity contribution is -0.172. The zero-order valence-electron chi connectivity index (χ0n) is 28.9. The lowest BCUT2D eigenvalue weighted by Gasteiger charge is -2.27. The molecule has 4 unspecified atom stereocenters. The zero-order chi connectivity index (χ0) is 35.1. The molecule has 0 aromatic heterocycles. The Hall–Kier alpha value is -2.28. The number of carboxylic acid groups (broad SMARTS) is 1. The van der Waals surface area contributed by atoms with Crippen molar-refractivity contribution in [3.8, 4) is 0 Å². The van der Waals surface area contributed by atoms with Crippen LogP contribution in [-0.4, -0.2) is 93.4 Å². The van der Waals surface area contributed by atoms with E-state index in [1.807, 2.05) is 0 Å². The molecule has 0 radical (unpaired) electrons. The number of rotatable bonds is 28. The van der Waals surface area contributed by atoms with E-state index in [2.05, 4.69) is 38.3 Å². The number of unbranched alkanes of at least 4 members (excludes halogenated alkanes) is 1. The number of carbonyl (C=O) groups excluding carboxylic acids is 3. The monoisotopic (exact) mass is 660 g/mol. The molecule has 0 saturated heterocycles. The fourth-order valence-electron chi connectivity index (χ4n) is 5.49. The summed E-state index contributed by atoms with van der Waals surface area (Å²) in [7, 11) is 0. The van der Waals surface area contributed by atoms with Crippen molar-refractivity contribution in [1.82, 2.24) is 10.6 Å². The van der Waals surface area contributed by atoms with Crippen LogP contribution >= 0.6 is 0 Å². The van der Waals surface area contributed by atoms with Gasteiger partial charge in [-0.3, -0.25) is 19.2 Å². The van der Waals surface area contributed by atoms with E-state index < -0.39 is 48.9 Å². The fraction of sp³-hybridized carbons (Fsp3) is 0.882. The van der Waals surface area contributed by atoms with Crippen molar-refractivity contribution in [3.63, 3.8) is 0 Å². The van der Waals surface area contributed by atoms with Gasteiger partial charge < -0.3 is 40.9 Å². The van der Waals surface area contributed by atoms with E-state index in [-0.39, 0.29) is 25.4 Å². The van der Waals surface area contributed by atoms with Gasteiger partial charge in [0.15, 0.2) is 0 Å². The Labute approximate surface area is 276 Å². The van der Waals surface area contributed by atoms with Gasteiger partial charge in [0.05, 0.1) is 6.61 Å². The smallest absolute Gasteiger partial charge is 0.303 e. The molecule has 0 aromatic rings. The second kappa shape index (κ2) is 25.8. The van der Waals surface area contributed by atoms with E-state index in [4.69, 9.17) is 14.9 Å². The molecular formula is C34H64N2O10. The van der Waals surface area contributed by atoms with E-state index >= 15 is 0 Å². The molecule has 0 rings (SSSR count). The van der Waals surface area contributed by atoms with Crippen LogP contribution in [0.25, 0.3) is 0 Å². The van der Waals surface area contributed by atoms with Crippen molar-refractivity contribution in [3.05, 3.63) is 0 Å². The Morgan fingerprint density at radius 3 is 1.52 bits per heavy atom. The summed E-state index contributed by atoms with van der Waals surface area (Å²) in [6, 6.07) is 0. The number of aliphatic hydroxyl groups excluding tert-OH is 4. The highest BCUT2D eigenvalue weighted by Crippen LogP contribution is 2.23. The molecule has 0 aliphatic rings. The first-order valence-corrected chi connectivity index (χ1v) is 17.3. The molecule has 12 heteroatoms. The third-order valence-corrected chi connectivity index (χ3v) is 8.69. The average molecular weight is 661 g/mol. The number of hydrogen-bond acceptors (Lipinski definition) is 9. The molecule has 0 aliphatic heterocycles. The van der Waals surface area contributed by atoms with Crippen LogP contribution in [0, 0.1) is 23.7 Å². The Morgan fingerprint density at radius 2 is 1.07 bits per heavy atom. The molecule has 270 valence electrons. The summed E-state index contributed by atoms with van der Waals surface area (Å²) in [5, 5.41) is 52.4. The number of nitrogens with one attached hydrogen (secondary N) is 2. The maximum atomic E-state index is 12.4. The van der Waals surface area contributed by atoms with Gasteiger partial charge in [-0.25, -0.2) is 0 Å². The average Bonchev–Trinajstić information content (AvgIpc) is 3.00. The highest BCUT2D eigenvalue weighted by atomic mass is 16.6. The molecule has 12 nitrogen and oxygen atoms in total. The molecule has 0 aromatic carbocycles. The van der Waals surface area contributed by atoms with Gasteiger partial charge in [0.1, 0.15) is 18.3 Å². The third-order valence-electron chi connectivity index (χ3n) is 8.69. The normalized spacial score (nSPS) is 16.7. The standard InChI is InChI=1S/C34H64N2O10/c1-23(10-6-7-11-24(2)13-9-15-26(4)17-19-30(41)42)12-8-14-25(3)16-18-29(40)35-20-21-36-34(45)33(46-27(5)38)32(44)31(43)28(39)22-37/h23-26,28,31-33,37,39,43-44H,6-22H2,1-5H3,(H,35,40)(H,36,45)(H,41,42)/t23?,24?,25?,26?,28-,31-,32+,33-/m1/s1. The summed E-state index contributed by atoms with van der Waals surface area (Å²) in [5.41, 5.74) is 0. The first-order valence-electron chi connectivity index (χ1n) is 17.3. The largest absolute Gasteiger partial charge is 0.481 e. The van der Waals surface area contributed by atoms with E-state index in [0.717, 1.165) is 39.0 Å². The van der Waals surface area contributed by atoms with Gasteiger partial charge in [-0.15, -0.1) is 0 Å².